The molecule has 4 aromatic carbocycles. The van der Waals surface area contributed by atoms with Crippen molar-refractivity contribution in [3.63, 3.8) is 0 Å². The largest absolute Gasteiger partial charge is 0.135 e. The van der Waals surface area contributed by atoms with Crippen molar-refractivity contribution >= 4 is 64.4 Å². The maximum absolute atomic E-state index is 3.33. The summed E-state index contributed by atoms with van der Waals surface area (Å²) in [5, 5.41) is 7.85. The van der Waals surface area contributed by atoms with E-state index in [9.17, 15) is 0 Å². The van der Waals surface area contributed by atoms with E-state index >= 15 is 0 Å². The van der Waals surface area contributed by atoms with Crippen molar-refractivity contribution in [2.75, 3.05) is 0 Å². The lowest BCUT2D eigenvalue weighted by Gasteiger charge is -2.02. The van der Waals surface area contributed by atoms with Crippen molar-refractivity contribution in [1.82, 2.24) is 0 Å². The standard InChI is InChI=1S/C28H18S2/c1-17-3-7-20-13-25-26-14-21-8-5-19(6-10-24-9-4-18(2)29-24)12-23(21)16-28(26)30-27(25)15-22(20)11-17/h3-5,7-9,11-16H,1-2H3. The molecule has 0 aliphatic rings. The summed E-state index contributed by atoms with van der Waals surface area (Å²) in [6, 6.07) is 26.8. The minimum atomic E-state index is 1.07. The molecule has 0 saturated carbocycles. The van der Waals surface area contributed by atoms with Crippen LogP contribution in [0.1, 0.15) is 20.9 Å². The predicted molar refractivity (Wildman–Crippen MR) is 134 cm³/mol. The Morgan fingerprint density at radius 1 is 0.567 bits per heavy atom. The van der Waals surface area contributed by atoms with Crippen LogP contribution in [-0.4, -0.2) is 0 Å². The Bertz CT molecular complexity index is 1670. The summed E-state index contributed by atoms with van der Waals surface area (Å²) in [7, 11) is 0. The van der Waals surface area contributed by atoms with E-state index in [0.29, 0.717) is 0 Å². The Hall–Kier alpha value is -3.12. The summed E-state index contributed by atoms with van der Waals surface area (Å²) >= 11 is 3.63. The molecule has 6 aromatic rings. The first kappa shape index (κ1) is 17.7. The fraction of sp³-hybridized carbons (Fsp3) is 0.0714. The zero-order valence-corrected chi connectivity index (χ0v) is 18.4. The molecule has 0 bridgehead atoms. The minimum absolute atomic E-state index is 1.07. The third-order valence-corrected chi connectivity index (χ3v) is 7.64. The van der Waals surface area contributed by atoms with Crippen LogP contribution in [0.3, 0.4) is 0 Å². The minimum Gasteiger partial charge on any atom is -0.135 e. The Kier molecular flexibility index (Phi) is 3.96. The maximum atomic E-state index is 3.33. The quantitative estimate of drug-likeness (QED) is 0.217. The molecule has 142 valence electrons. The lowest BCUT2D eigenvalue weighted by Crippen LogP contribution is -1.78. The van der Waals surface area contributed by atoms with Crippen molar-refractivity contribution in [2.45, 2.75) is 13.8 Å². The molecule has 2 aromatic heterocycles. The van der Waals surface area contributed by atoms with Crippen molar-refractivity contribution in [3.8, 4) is 11.8 Å². The molecule has 0 nitrogen and oxygen atoms in total. The lowest BCUT2D eigenvalue weighted by atomic mass is 10.0. The second-order valence-electron chi connectivity index (χ2n) is 7.87. The first-order chi connectivity index (χ1) is 14.6. The number of benzene rings is 4. The molecular weight excluding hydrogens is 400 g/mol. The van der Waals surface area contributed by atoms with E-state index in [1.54, 1.807) is 11.3 Å². The Morgan fingerprint density at radius 3 is 1.97 bits per heavy atom. The van der Waals surface area contributed by atoms with E-state index in [1.165, 1.54) is 52.2 Å². The predicted octanol–water partition coefficient (Wildman–Crippen LogP) is 8.44. The summed E-state index contributed by atoms with van der Waals surface area (Å²) in [6.07, 6.45) is 0. The van der Waals surface area contributed by atoms with Crippen LogP contribution in [0.25, 0.3) is 41.7 Å². The first-order valence-corrected chi connectivity index (χ1v) is 11.6. The van der Waals surface area contributed by atoms with Gasteiger partial charge in [0.25, 0.3) is 0 Å². The molecule has 0 aliphatic heterocycles. The van der Waals surface area contributed by atoms with Crippen LogP contribution in [0.2, 0.25) is 0 Å². The number of hydrogen-bond donors (Lipinski definition) is 0. The van der Waals surface area contributed by atoms with Gasteiger partial charge < -0.3 is 0 Å². The number of hydrogen-bond acceptors (Lipinski definition) is 2. The average molecular weight is 419 g/mol. The molecular formula is C28H18S2. The van der Waals surface area contributed by atoms with E-state index in [-0.39, 0.29) is 0 Å². The van der Waals surface area contributed by atoms with Crippen molar-refractivity contribution in [1.29, 1.82) is 0 Å². The topological polar surface area (TPSA) is 0 Å². The molecule has 0 unspecified atom stereocenters. The average Bonchev–Trinajstić information content (AvgIpc) is 3.31. The maximum Gasteiger partial charge on any atom is 0.0775 e. The second kappa shape index (κ2) is 6.71. The molecule has 0 fully saturated rings. The van der Waals surface area contributed by atoms with Crippen molar-refractivity contribution in [3.05, 3.63) is 93.7 Å². The van der Waals surface area contributed by atoms with Gasteiger partial charge in [-0.1, -0.05) is 41.7 Å². The SMILES string of the molecule is Cc1ccc2cc3c(cc2c1)sc1cc2cc(C#Cc4ccc(C)s4)ccc2cc13. The number of thiophene rings is 2. The fourth-order valence-electron chi connectivity index (χ4n) is 4.09. The molecule has 0 N–H and O–H groups in total. The molecule has 2 heterocycles. The van der Waals surface area contributed by atoms with Crippen LogP contribution >= 0.6 is 22.7 Å². The molecule has 0 radical (unpaired) electrons. The van der Waals surface area contributed by atoms with E-state index < -0.39 is 0 Å². The number of fused-ring (bicyclic) bond motifs is 5. The molecule has 6 rings (SSSR count). The highest BCUT2D eigenvalue weighted by molar-refractivity contribution is 7.26. The van der Waals surface area contributed by atoms with Gasteiger partial charge in [0, 0.05) is 30.6 Å². The smallest absolute Gasteiger partial charge is 0.0775 e. The van der Waals surface area contributed by atoms with Gasteiger partial charge in [0.1, 0.15) is 0 Å². The normalized spacial score (nSPS) is 11.4. The highest BCUT2D eigenvalue weighted by atomic mass is 32.1. The molecule has 2 heteroatoms. The first-order valence-electron chi connectivity index (χ1n) is 10.0. The monoisotopic (exact) mass is 418 g/mol. The second-order valence-corrected chi connectivity index (χ2v) is 10.2. The van der Waals surface area contributed by atoms with Gasteiger partial charge in [-0.05, 0) is 83.9 Å². The zero-order valence-electron chi connectivity index (χ0n) is 16.7. The summed E-state index contributed by atoms with van der Waals surface area (Å²) in [4.78, 5) is 2.42. The zero-order chi connectivity index (χ0) is 20.2. The van der Waals surface area contributed by atoms with Crippen LogP contribution in [0.5, 0.6) is 0 Å². The van der Waals surface area contributed by atoms with Gasteiger partial charge in [0.05, 0.1) is 4.88 Å². The van der Waals surface area contributed by atoms with E-state index in [0.717, 1.165) is 10.4 Å². The molecule has 0 atom stereocenters. The lowest BCUT2D eigenvalue weighted by molar-refractivity contribution is 1.51. The van der Waals surface area contributed by atoms with Gasteiger partial charge in [-0.25, -0.2) is 0 Å². The molecule has 0 saturated heterocycles. The van der Waals surface area contributed by atoms with Crippen LogP contribution in [-0.2, 0) is 0 Å². The van der Waals surface area contributed by atoms with Crippen LogP contribution < -0.4 is 0 Å². The number of rotatable bonds is 0. The Morgan fingerprint density at radius 2 is 1.27 bits per heavy atom. The molecule has 0 spiro atoms. The Balaban J connectivity index is 1.51. The molecule has 0 amide bonds. The molecule has 30 heavy (non-hydrogen) atoms. The van der Waals surface area contributed by atoms with Gasteiger partial charge in [-0.3, -0.25) is 0 Å². The van der Waals surface area contributed by atoms with Gasteiger partial charge in [-0.15, -0.1) is 22.7 Å². The third-order valence-electron chi connectivity index (χ3n) is 5.61. The third kappa shape index (κ3) is 2.99. The van der Waals surface area contributed by atoms with E-state index in [2.05, 4.69) is 98.5 Å². The highest BCUT2D eigenvalue weighted by Gasteiger charge is 2.09. The highest BCUT2D eigenvalue weighted by Crippen LogP contribution is 2.38. The van der Waals surface area contributed by atoms with Crippen molar-refractivity contribution in [2.24, 2.45) is 0 Å². The summed E-state index contributed by atoms with van der Waals surface area (Å²) in [6.45, 7) is 4.27. The van der Waals surface area contributed by atoms with E-state index in [4.69, 9.17) is 0 Å². The fourth-order valence-corrected chi connectivity index (χ4v) is 5.98. The van der Waals surface area contributed by atoms with Gasteiger partial charge in [-0.2, -0.15) is 0 Å². The summed E-state index contributed by atoms with van der Waals surface area (Å²) in [5.41, 5.74) is 2.37. The van der Waals surface area contributed by atoms with Gasteiger partial charge in [0.15, 0.2) is 0 Å². The van der Waals surface area contributed by atoms with Gasteiger partial charge in [0.2, 0.25) is 0 Å². The summed E-state index contributed by atoms with van der Waals surface area (Å²) < 4.78 is 2.69. The van der Waals surface area contributed by atoms with Gasteiger partial charge >= 0.3 is 0 Å². The van der Waals surface area contributed by atoms with Crippen molar-refractivity contribution < 1.29 is 0 Å². The van der Waals surface area contributed by atoms with Crippen LogP contribution in [0.4, 0.5) is 0 Å². The van der Waals surface area contributed by atoms with Crippen LogP contribution in [0, 0.1) is 25.7 Å². The van der Waals surface area contributed by atoms with Crippen LogP contribution in [0.15, 0.2) is 72.8 Å². The Labute approximate surface area is 183 Å². The molecule has 0 aliphatic carbocycles. The van der Waals surface area contributed by atoms with E-state index in [1.807, 2.05) is 11.3 Å². The summed E-state index contributed by atoms with van der Waals surface area (Å²) in [5.74, 6) is 6.63. The number of aryl methyl sites for hydroxylation is 2.